The number of nitrogens with one attached hydrogen (secondary N) is 1. The lowest BCUT2D eigenvalue weighted by Gasteiger charge is -2.36. The largest absolute Gasteiger partial charge is 0.493 e. The van der Waals surface area contributed by atoms with Crippen molar-refractivity contribution in [1.82, 2.24) is 24.8 Å². The van der Waals surface area contributed by atoms with Gasteiger partial charge in [-0.25, -0.2) is 9.78 Å². The molecule has 2 aromatic heterocycles. The van der Waals surface area contributed by atoms with Crippen LogP contribution in [0, 0.1) is 0 Å². The summed E-state index contributed by atoms with van der Waals surface area (Å²) in [7, 11) is 0. The molecule has 1 amide bonds. The van der Waals surface area contributed by atoms with Gasteiger partial charge in [0.15, 0.2) is 5.11 Å². The molecule has 1 aliphatic rings. The molecule has 36 heavy (non-hydrogen) atoms. The Morgan fingerprint density at radius 3 is 2.53 bits per heavy atom. The summed E-state index contributed by atoms with van der Waals surface area (Å²) in [6, 6.07) is 7.00. The number of anilines is 1. The number of para-hydroxylation sites is 1. The van der Waals surface area contributed by atoms with Crippen LogP contribution in [-0.2, 0) is 6.54 Å². The zero-order chi connectivity index (χ0) is 25.8. The average molecular weight is 511 g/mol. The molecular formula is C24H26N6O5S. The summed E-state index contributed by atoms with van der Waals surface area (Å²) in [5.74, 6) is -0.677. The number of fused-ring (bicyclic) bond motifs is 1. The highest BCUT2D eigenvalue weighted by Crippen LogP contribution is 2.19. The number of pyridine rings is 1. The number of carbonyl (C=O) groups excluding carboxylic acids is 1. The highest BCUT2D eigenvalue weighted by Gasteiger charge is 2.24. The number of aromatic carboxylic acids is 1. The third kappa shape index (κ3) is 4.98. The molecule has 1 saturated heterocycles. The Balaban J connectivity index is 1.45. The van der Waals surface area contributed by atoms with Crippen molar-refractivity contribution in [3.63, 3.8) is 0 Å². The van der Waals surface area contributed by atoms with E-state index in [2.05, 4.69) is 15.3 Å². The van der Waals surface area contributed by atoms with E-state index in [9.17, 15) is 19.5 Å². The molecule has 1 aliphatic heterocycles. The first-order valence-corrected chi connectivity index (χ1v) is 11.9. The van der Waals surface area contributed by atoms with Crippen LogP contribution in [-0.4, -0.2) is 74.3 Å². The fraction of sp³-hybridized carbons (Fsp3) is 0.333. The van der Waals surface area contributed by atoms with Crippen LogP contribution in [0.4, 0.5) is 5.95 Å². The van der Waals surface area contributed by atoms with E-state index in [0.29, 0.717) is 67.4 Å². The van der Waals surface area contributed by atoms with Gasteiger partial charge in [0.2, 0.25) is 11.4 Å². The molecule has 0 spiro atoms. The van der Waals surface area contributed by atoms with E-state index in [1.54, 1.807) is 28.8 Å². The molecule has 2 N–H and O–H groups in total. The fourth-order valence-corrected chi connectivity index (χ4v) is 4.27. The van der Waals surface area contributed by atoms with Crippen LogP contribution in [0.25, 0.3) is 11.0 Å². The molecule has 0 radical (unpaired) electrons. The third-order valence-electron chi connectivity index (χ3n) is 5.87. The van der Waals surface area contributed by atoms with E-state index in [4.69, 9.17) is 17.0 Å². The van der Waals surface area contributed by atoms with Crippen molar-refractivity contribution < 1.29 is 19.4 Å². The first-order chi connectivity index (χ1) is 17.3. The van der Waals surface area contributed by atoms with Crippen molar-refractivity contribution in [2.45, 2.75) is 20.4 Å². The van der Waals surface area contributed by atoms with Gasteiger partial charge in [-0.3, -0.25) is 14.9 Å². The molecule has 0 atom stereocenters. The number of nitrogens with zero attached hydrogens (tertiary/aromatic N) is 5. The number of amides is 1. The molecule has 11 nitrogen and oxygen atoms in total. The molecule has 0 bridgehead atoms. The Bertz CT molecular complexity index is 1380. The summed E-state index contributed by atoms with van der Waals surface area (Å²) in [6.07, 6.45) is 2.69. The first kappa shape index (κ1) is 25.0. The molecule has 0 saturated carbocycles. The van der Waals surface area contributed by atoms with E-state index in [-0.39, 0.29) is 16.9 Å². The highest BCUT2D eigenvalue weighted by atomic mass is 32.1. The maximum Gasteiger partial charge on any atom is 0.341 e. The number of hydrogen-bond donors (Lipinski definition) is 2. The fourth-order valence-electron chi connectivity index (χ4n) is 4.00. The molecule has 188 valence electrons. The SMILES string of the molecule is CCOc1ccccc1C(=O)NC(=S)N1CCN(c2ncc3c(=O)c(C(=O)O)cn(CC)c3n2)CC1. The van der Waals surface area contributed by atoms with Gasteiger partial charge in [-0.05, 0) is 38.2 Å². The average Bonchev–Trinajstić information content (AvgIpc) is 2.89. The minimum Gasteiger partial charge on any atom is -0.493 e. The second-order valence-corrected chi connectivity index (χ2v) is 8.42. The summed E-state index contributed by atoms with van der Waals surface area (Å²) in [4.78, 5) is 49.5. The standard InChI is InChI=1S/C24H26N6O5S/c1-3-28-14-17(22(33)34)19(31)16-13-25-23(26-20(16)28)29-9-11-30(12-10-29)24(36)27-21(32)15-7-5-6-8-18(15)35-4-2/h5-8,13-14H,3-4,9-12H2,1-2H3,(H,33,34)(H,27,32,36). The van der Waals surface area contributed by atoms with Gasteiger partial charge < -0.3 is 24.2 Å². The predicted molar refractivity (Wildman–Crippen MR) is 138 cm³/mol. The van der Waals surface area contributed by atoms with Crippen LogP contribution < -0.4 is 20.4 Å². The molecular weight excluding hydrogens is 484 g/mol. The summed E-state index contributed by atoms with van der Waals surface area (Å²) < 4.78 is 7.16. The number of hydrogen-bond acceptors (Lipinski definition) is 8. The van der Waals surface area contributed by atoms with Gasteiger partial charge in [0.05, 0.1) is 17.6 Å². The van der Waals surface area contributed by atoms with Crippen LogP contribution >= 0.6 is 12.2 Å². The Kier molecular flexibility index (Phi) is 7.44. The molecule has 12 heteroatoms. The lowest BCUT2D eigenvalue weighted by atomic mass is 10.2. The topological polar surface area (TPSA) is 130 Å². The molecule has 3 heterocycles. The maximum atomic E-state index is 12.8. The van der Waals surface area contributed by atoms with Crippen molar-refractivity contribution in [2.75, 3.05) is 37.7 Å². The van der Waals surface area contributed by atoms with E-state index >= 15 is 0 Å². The number of carbonyl (C=O) groups is 2. The van der Waals surface area contributed by atoms with Crippen molar-refractivity contribution in [2.24, 2.45) is 0 Å². The minimum atomic E-state index is -1.28. The van der Waals surface area contributed by atoms with Gasteiger partial charge in [0.1, 0.15) is 17.0 Å². The number of aromatic nitrogens is 3. The van der Waals surface area contributed by atoms with Crippen LogP contribution in [0.3, 0.4) is 0 Å². The Labute approximate surface area is 212 Å². The van der Waals surface area contributed by atoms with Gasteiger partial charge in [-0.2, -0.15) is 4.98 Å². The van der Waals surface area contributed by atoms with Crippen molar-refractivity contribution in [3.8, 4) is 5.75 Å². The molecule has 0 unspecified atom stereocenters. The summed E-state index contributed by atoms with van der Waals surface area (Å²) >= 11 is 5.47. The van der Waals surface area contributed by atoms with Crippen molar-refractivity contribution in [3.05, 3.63) is 58.0 Å². The first-order valence-electron chi connectivity index (χ1n) is 11.5. The lowest BCUT2D eigenvalue weighted by molar-refractivity contribution is 0.0694. The number of carboxylic acid groups (broad SMARTS) is 1. The third-order valence-corrected chi connectivity index (χ3v) is 6.24. The summed E-state index contributed by atoms with van der Waals surface area (Å²) in [6.45, 7) is 6.74. The van der Waals surface area contributed by atoms with Gasteiger partial charge >= 0.3 is 5.97 Å². The van der Waals surface area contributed by atoms with Crippen LogP contribution in [0.1, 0.15) is 34.6 Å². The number of piperazine rings is 1. The van der Waals surface area contributed by atoms with Gasteiger partial charge in [0.25, 0.3) is 5.91 Å². The molecule has 0 aliphatic carbocycles. The zero-order valence-corrected chi connectivity index (χ0v) is 20.7. The van der Waals surface area contributed by atoms with Gasteiger partial charge in [0, 0.05) is 45.1 Å². The second-order valence-electron chi connectivity index (χ2n) is 8.03. The predicted octanol–water partition coefficient (Wildman–Crippen LogP) is 1.75. The maximum absolute atomic E-state index is 12.8. The normalized spacial score (nSPS) is 13.5. The highest BCUT2D eigenvalue weighted by molar-refractivity contribution is 7.80. The van der Waals surface area contributed by atoms with Crippen molar-refractivity contribution >= 4 is 46.2 Å². The van der Waals surface area contributed by atoms with Crippen LogP contribution in [0.15, 0.2) is 41.5 Å². The lowest BCUT2D eigenvalue weighted by Crippen LogP contribution is -2.53. The number of thiocarbonyl (C=S) groups is 1. The minimum absolute atomic E-state index is 0.162. The van der Waals surface area contributed by atoms with E-state index in [1.807, 2.05) is 23.6 Å². The Hall–Kier alpha value is -4.06. The smallest absolute Gasteiger partial charge is 0.341 e. The number of ether oxygens (including phenoxy) is 1. The zero-order valence-electron chi connectivity index (χ0n) is 19.9. The number of rotatable bonds is 6. The number of benzene rings is 1. The van der Waals surface area contributed by atoms with Crippen molar-refractivity contribution in [1.29, 1.82) is 0 Å². The van der Waals surface area contributed by atoms with Gasteiger partial charge in [-0.15, -0.1) is 0 Å². The molecule has 4 rings (SSSR count). The van der Waals surface area contributed by atoms with E-state index in [0.717, 1.165) is 0 Å². The number of carboxylic acids is 1. The van der Waals surface area contributed by atoms with Crippen LogP contribution in [0.5, 0.6) is 5.75 Å². The van der Waals surface area contributed by atoms with Crippen LogP contribution in [0.2, 0.25) is 0 Å². The second kappa shape index (κ2) is 10.7. The number of aryl methyl sites for hydroxylation is 1. The Morgan fingerprint density at radius 2 is 1.86 bits per heavy atom. The quantitative estimate of drug-likeness (QED) is 0.473. The van der Waals surface area contributed by atoms with Gasteiger partial charge in [-0.1, -0.05) is 12.1 Å². The summed E-state index contributed by atoms with van der Waals surface area (Å²) in [5.41, 5.74) is -0.118. The molecule has 1 aromatic carbocycles. The van der Waals surface area contributed by atoms with E-state index < -0.39 is 11.4 Å². The Morgan fingerprint density at radius 1 is 1.14 bits per heavy atom. The molecule has 1 fully saturated rings. The van der Waals surface area contributed by atoms with E-state index in [1.165, 1.54) is 12.4 Å². The molecule has 3 aromatic rings. The monoisotopic (exact) mass is 510 g/mol. The summed E-state index contributed by atoms with van der Waals surface area (Å²) in [5, 5.41) is 12.6.